The number of benzene rings is 2. The van der Waals surface area contributed by atoms with Crippen LogP contribution in [-0.2, 0) is 11.3 Å². The van der Waals surface area contributed by atoms with E-state index in [1.807, 2.05) is 44.2 Å². The van der Waals surface area contributed by atoms with Crippen molar-refractivity contribution in [2.45, 2.75) is 32.6 Å². The van der Waals surface area contributed by atoms with Gasteiger partial charge in [-0.3, -0.25) is 4.99 Å². The lowest BCUT2D eigenvalue weighted by atomic mass is 10.1. The van der Waals surface area contributed by atoms with Crippen molar-refractivity contribution in [1.29, 1.82) is 0 Å². The molecule has 0 amide bonds. The van der Waals surface area contributed by atoms with Gasteiger partial charge in [-0.25, -0.2) is 4.39 Å². The molecule has 0 saturated heterocycles. The van der Waals surface area contributed by atoms with Gasteiger partial charge >= 0.3 is 0 Å². The van der Waals surface area contributed by atoms with Crippen molar-refractivity contribution in [3.8, 4) is 5.75 Å². The van der Waals surface area contributed by atoms with Crippen LogP contribution < -0.4 is 15.4 Å². The molecule has 0 heterocycles. The Morgan fingerprint density at radius 3 is 2.57 bits per heavy atom. The molecule has 2 atom stereocenters. The van der Waals surface area contributed by atoms with E-state index in [2.05, 4.69) is 15.6 Å². The zero-order valence-electron chi connectivity index (χ0n) is 17.6. The molecule has 30 heavy (non-hydrogen) atoms. The van der Waals surface area contributed by atoms with Crippen molar-refractivity contribution in [3.63, 3.8) is 0 Å². The Labute approximate surface area is 194 Å². The van der Waals surface area contributed by atoms with Crippen LogP contribution in [-0.4, -0.2) is 44.0 Å². The minimum atomic E-state index is -0.720. The molecule has 2 aromatic rings. The molecule has 6 nitrogen and oxygen atoms in total. The van der Waals surface area contributed by atoms with Crippen LogP contribution in [0.1, 0.15) is 31.0 Å². The van der Waals surface area contributed by atoms with Crippen LogP contribution in [0.5, 0.6) is 5.75 Å². The van der Waals surface area contributed by atoms with Crippen LogP contribution in [0.4, 0.5) is 4.39 Å². The predicted octanol–water partition coefficient (Wildman–Crippen LogP) is 3.65. The number of methoxy groups -OCH3 is 1. The first-order valence-electron chi connectivity index (χ1n) is 9.71. The third-order valence-corrected chi connectivity index (χ3v) is 4.26. The van der Waals surface area contributed by atoms with Crippen LogP contribution in [0, 0.1) is 5.82 Å². The normalized spacial score (nSPS) is 13.2. The Morgan fingerprint density at radius 1 is 1.20 bits per heavy atom. The smallest absolute Gasteiger partial charge is 0.191 e. The summed E-state index contributed by atoms with van der Waals surface area (Å²) >= 11 is 0. The van der Waals surface area contributed by atoms with Gasteiger partial charge in [0.25, 0.3) is 0 Å². The summed E-state index contributed by atoms with van der Waals surface area (Å²) in [5.74, 6) is 0.338. The number of guanidine groups is 1. The fourth-order valence-electron chi connectivity index (χ4n) is 2.70. The molecule has 0 spiro atoms. The van der Waals surface area contributed by atoms with E-state index in [1.54, 1.807) is 12.1 Å². The third-order valence-electron chi connectivity index (χ3n) is 4.26. The Kier molecular flexibility index (Phi) is 12.3. The van der Waals surface area contributed by atoms with Gasteiger partial charge in [0, 0.05) is 6.54 Å². The van der Waals surface area contributed by atoms with Gasteiger partial charge in [0.2, 0.25) is 0 Å². The summed E-state index contributed by atoms with van der Waals surface area (Å²) in [7, 11) is 1.44. The number of hydrogen-bond acceptors (Lipinski definition) is 4. The Balaban J connectivity index is 0.00000450. The van der Waals surface area contributed by atoms with E-state index in [1.165, 1.54) is 13.2 Å². The number of hydrogen-bond donors (Lipinski definition) is 3. The number of halogens is 2. The van der Waals surface area contributed by atoms with Crippen LogP contribution in [0.3, 0.4) is 0 Å². The molecule has 8 heteroatoms. The average Bonchev–Trinajstić information content (AvgIpc) is 2.73. The molecule has 0 bridgehead atoms. The van der Waals surface area contributed by atoms with Crippen molar-refractivity contribution >= 4 is 29.9 Å². The van der Waals surface area contributed by atoms with E-state index < -0.39 is 11.9 Å². The number of ether oxygens (including phenoxy) is 2. The van der Waals surface area contributed by atoms with E-state index in [9.17, 15) is 9.50 Å². The monoisotopic (exact) mass is 531 g/mol. The van der Waals surface area contributed by atoms with Crippen molar-refractivity contribution in [1.82, 2.24) is 10.6 Å². The van der Waals surface area contributed by atoms with E-state index in [4.69, 9.17) is 9.47 Å². The first-order chi connectivity index (χ1) is 14.0. The second kappa shape index (κ2) is 14.2. The molecular formula is C22H31FIN3O3. The van der Waals surface area contributed by atoms with Gasteiger partial charge in [-0.1, -0.05) is 36.4 Å². The zero-order chi connectivity index (χ0) is 21.1. The largest absolute Gasteiger partial charge is 0.494 e. The zero-order valence-corrected chi connectivity index (χ0v) is 19.9. The van der Waals surface area contributed by atoms with Crippen molar-refractivity contribution in [2.75, 3.05) is 26.8 Å². The number of aliphatic hydroxyl groups excluding tert-OH is 1. The number of nitrogens with one attached hydrogen (secondary N) is 2. The molecule has 0 aliphatic carbocycles. The standard InChI is InChI=1S/C22H30FN3O3.HI/c1-4-24-22(26-16(2)18-10-11-21(28-3)20(23)12-18)25-13-19(27)15-29-14-17-8-6-5-7-9-17;/h5-12,16,19,27H,4,13-15H2,1-3H3,(H2,24,25,26);1H. The first kappa shape index (κ1) is 26.1. The quantitative estimate of drug-likeness (QED) is 0.248. The summed E-state index contributed by atoms with van der Waals surface area (Å²) in [4.78, 5) is 4.41. The van der Waals surface area contributed by atoms with Crippen LogP contribution in [0.2, 0.25) is 0 Å². The first-order valence-corrected chi connectivity index (χ1v) is 9.71. The second-order valence-electron chi connectivity index (χ2n) is 6.63. The van der Waals surface area contributed by atoms with Gasteiger partial charge in [0.05, 0.1) is 39.0 Å². The highest BCUT2D eigenvalue weighted by molar-refractivity contribution is 14.0. The summed E-state index contributed by atoms with van der Waals surface area (Å²) in [6.45, 7) is 5.35. The van der Waals surface area contributed by atoms with Gasteiger partial charge in [0.15, 0.2) is 17.5 Å². The predicted molar refractivity (Wildman–Crippen MR) is 128 cm³/mol. The second-order valence-corrected chi connectivity index (χ2v) is 6.63. The molecule has 0 saturated carbocycles. The summed E-state index contributed by atoms with van der Waals surface area (Å²) in [6.07, 6.45) is -0.720. The molecule has 0 fully saturated rings. The topological polar surface area (TPSA) is 75.1 Å². The maximum atomic E-state index is 13.9. The fraction of sp³-hybridized carbons (Fsp3) is 0.409. The van der Waals surface area contributed by atoms with E-state index >= 15 is 0 Å². The van der Waals surface area contributed by atoms with Crippen LogP contribution in [0.25, 0.3) is 0 Å². The summed E-state index contributed by atoms with van der Waals surface area (Å²) in [6, 6.07) is 14.4. The molecule has 2 aromatic carbocycles. The lowest BCUT2D eigenvalue weighted by Crippen LogP contribution is -2.39. The number of nitrogens with zero attached hydrogens (tertiary/aromatic N) is 1. The van der Waals surface area contributed by atoms with Crippen molar-refractivity contribution in [3.05, 3.63) is 65.5 Å². The Morgan fingerprint density at radius 2 is 1.93 bits per heavy atom. The molecule has 0 aliphatic heterocycles. The molecule has 2 rings (SSSR count). The third kappa shape index (κ3) is 8.85. The summed E-state index contributed by atoms with van der Waals surface area (Å²) in [5, 5.41) is 16.5. The molecule has 0 radical (unpaired) electrons. The average molecular weight is 531 g/mol. The highest BCUT2D eigenvalue weighted by Crippen LogP contribution is 2.21. The minimum absolute atomic E-state index is 0. The Hall–Kier alpha value is -1.91. The van der Waals surface area contributed by atoms with Gasteiger partial charge in [-0.15, -0.1) is 24.0 Å². The van der Waals surface area contributed by atoms with Gasteiger partial charge in [0.1, 0.15) is 0 Å². The summed E-state index contributed by atoms with van der Waals surface area (Å²) < 4.78 is 24.4. The van der Waals surface area contributed by atoms with Crippen LogP contribution in [0.15, 0.2) is 53.5 Å². The molecule has 0 aliphatic rings. The van der Waals surface area contributed by atoms with E-state index in [0.717, 1.165) is 11.1 Å². The molecular weight excluding hydrogens is 500 g/mol. The lowest BCUT2D eigenvalue weighted by Gasteiger charge is -2.19. The molecule has 2 unspecified atom stereocenters. The van der Waals surface area contributed by atoms with Crippen LogP contribution >= 0.6 is 24.0 Å². The number of aliphatic hydroxyl groups is 1. The van der Waals surface area contributed by atoms with E-state index in [-0.39, 0.29) is 48.9 Å². The molecule has 166 valence electrons. The maximum absolute atomic E-state index is 13.9. The summed E-state index contributed by atoms with van der Waals surface area (Å²) in [5.41, 5.74) is 1.82. The minimum Gasteiger partial charge on any atom is -0.494 e. The van der Waals surface area contributed by atoms with Gasteiger partial charge < -0.3 is 25.2 Å². The SMILES string of the molecule is CCNC(=NCC(O)COCc1ccccc1)NC(C)c1ccc(OC)c(F)c1.I. The highest BCUT2D eigenvalue weighted by Gasteiger charge is 2.12. The lowest BCUT2D eigenvalue weighted by molar-refractivity contribution is 0.0331. The van der Waals surface area contributed by atoms with Gasteiger partial charge in [-0.05, 0) is 37.1 Å². The van der Waals surface area contributed by atoms with Crippen molar-refractivity contribution < 1.29 is 19.0 Å². The van der Waals surface area contributed by atoms with Crippen molar-refractivity contribution in [2.24, 2.45) is 4.99 Å². The molecule has 0 aromatic heterocycles. The maximum Gasteiger partial charge on any atom is 0.191 e. The highest BCUT2D eigenvalue weighted by atomic mass is 127. The number of aliphatic imine (C=N–C) groups is 1. The fourth-order valence-corrected chi connectivity index (χ4v) is 2.70. The number of rotatable bonds is 10. The van der Waals surface area contributed by atoms with E-state index in [0.29, 0.717) is 19.1 Å². The van der Waals surface area contributed by atoms with Gasteiger partial charge in [-0.2, -0.15) is 0 Å². The molecule has 3 N–H and O–H groups in total. The Bertz CT molecular complexity index is 777.